The zero-order valence-corrected chi connectivity index (χ0v) is 13.4. The first-order valence-electron chi connectivity index (χ1n) is 6.12. The number of sulfone groups is 1. The van der Waals surface area contributed by atoms with E-state index in [9.17, 15) is 8.42 Å². The Morgan fingerprint density at radius 1 is 1.26 bits per heavy atom. The van der Waals surface area contributed by atoms with Crippen LogP contribution < -0.4 is 0 Å². The van der Waals surface area contributed by atoms with E-state index in [2.05, 4.69) is 0 Å². The van der Waals surface area contributed by atoms with Crippen LogP contribution in [0.25, 0.3) is 0 Å². The minimum absolute atomic E-state index is 0.0938. The van der Waals surface area contributed by atoms with Crippen LogP contribution in [0.2, 0.25) is 10.0 Å². The molecule has 0 radical (unpaired) electrons. The molecule has 106 valence electrons. The van der Waals surface area contributed by atoms with E-state index < -0.39 is 9.84 Å². The van der Waals surface area contributed by atoms with Gasteiger partial charge in [0.05, 0.1) is 11.5 Å². The van der Waals surface area contributed by atoms with Crippen LogP contribution in [0.15, 0.2) is 18.2 Å². The van der Waals surface area contributed by atoms with E-state index in [0.29, 0.717) is 28.8 Å². The van der Waals surface area contributed by atoms with Crippen LogP contribution >= 0.6 is 34.8 Å². The summed E-state index contributed by atoms with van der Waals surface area (Å²) in [6.45, 7) is 0. The van der Waals surface area contributed by atoms with Crippen molar-refractivity contribution in [1.82, 2.24) is 0 Å². The highest BCUT2D eigenvalue weighted by Crippen LogP contribution is 2.33. The second kappa shape index (κ2) is 6.21. The molecule has 1 saturated heterocycles. The van der Waals surface area contributed by atoms with E-state index in [1.54, 1.807) is 18.2 Å². The van der Waals surface area contributed by atoms with Gasteiger partial charge in [-0.3, -0.25) is 0 Å². The van der Waals surface area contributed by atoms with E-state index in [0.717, 1.165) is 5.56 Å². The van der Waals surface area contributed by atoms with E-state index in [4.69, 9.17) is 34.8 Å². The summed E-state index contributed by atoms with van der Waals surface area (Å²) in [6.07, 6.45) is 1.31. The van der Waals surface area contributed by atoms with Crippen LogP contribution in [0, 0.1) is 11.8 Å². The van der Waals surface area contributed by atoms with Crippen molar-refractivity contribution in [3.8, 4) is 0 Å². The molecule has 1 aliphatic heterocycles. The van der Waals surface area contributed by atoms with Crippen molar-refractivity contribution < 1.29 is 8.42 Å². The zero-order chi connectivity index (χ0) is 14.0. The first-order chi connectivity index (χ1) is 8.93. The van der Waals surface area contributed by atoms with E-state index in [-0.39, 0.29) is 23.3 Å². The summed E-state index contributed by atoms with van der Waals surface area (Å²) < 4.78 is 23.1. The standard InChI is InChI=1S/C13H15Cl3O2S/c14-7-10(9-4-5-19(17,18)8-9)6-11-12(15)2-1-3-13(11)16/h1-3,9-10H,4-8H2. The van der Waals surface area contributed by atoms with Crippen molar-refractivity contribution in [2.75, 3.05) is 17.4 Å². The van der Waals surface area contributed by atoms with Crippen molar-refractivity contribution >= 4 is 44.6 Å². The normalized spacial score (nSPS) is 23.4. The topological polar surface area (TPSA) is 34.1 Å². The highest BCUT2D eigenvalue weighted by atomic mass is 35.5. The zero-order valence-electron chi connectivity index (χ0n) is 10.3. The number of alkyl halides is 1. The van der Waals surface area contributed by atoms with Crippen molar-refractivity contribution in [1.29, 1.82) is 0 Å². The van der Waals surface area contributed by atoms with Crippen LogP contribution in [0.1, 0.15) is 12.0 Å². The Morgan fingerprint density at radius 3 is 2.37 bits per heavy atom. The van der Waals surface area contributed by atoms with E-state index >= 15 is 0 Å². The lowest BCUT2D eigenvalue weighted by Crippen LogP contribution is -2.20. The summed E-state index contributed by atoms with van der Waals surface area (Å²) in [6, 6.07) is 5.38. The molecule has 1 aromatic rings. The SMILES string of the molecule is O=S1(=O)CCC(C(CCl)Cc2c(Cl)cccc2Cl)C1. The van der Waals surface area contributed by atoms with Crippen LogP contribution in [-0.4, -0.2) is 25.8 Å². The summed E-state index contributed by atoms with van der Waals surface area (Å²) in [4.78, 5) is 0. The summed E-state index contributed by atoms with van der Waals surface area (Å²) in [5.41, 5.74) is 0.862. The van der Waals surface area contributed by atoms with Gasteiger partial charge in [-0.05, 0) is 42.4 Å². The molecule has 0 spiro atoms. The first-order valence-corrected chi connectivity index (χ1v) is 9.23. The lowest BCUT2D eigenvalue weighted by Gasteiger charge is -2.21. The molecule has 2 nitrogen and oxygen atoms in total. The number of hydrogen-bond acceptors (Lipinski definition) is 2. The molecule has 1 fully saturated rings. The van der Waals surface area contributed by atoms with Gasteiger partial charge >= 0.3 is 0 Å². The average Bonchev–Trinajstić information content (AvgIpc) is 2.69. The summed E-state index contributed by atoms with van der Waals surface area (Å²) >= 11 is 18.3. The molecule has 0 N–H and O–H groups in total. The van der Waals surface area contributed by atoms with Crippen molar-refractivity contribution in [3.05, 3.63) is 33.8 Å². The fraction of sp³-hybridized carbons (Fsp3) is 0.538. The van der Waals surface area contributed by atoms with Gasteiger partial charge in [0.25, 0.3) is 0 Å². The van der Waals surface area contributed by atoms with E-state index in [1.165, 1.54) is 0 Å². The molecular weight excluding hydrogens is 327 g/mol. The van der Waals surface area contributed by atoms with Gasteiger partial charge < -0.3 is 0 Å². The van der Waals surface area contributed by atoms with Crippen LogP contribution in [-0.2, 0) is 16.3 Å². The molecule has 2 atom stereocenters. The maximum Gasteiger partial charge on any atom is 0.150 e. The molecule has 19 heavy (non-hydrogen) atoms. The number of hydrogen-bond donors (Lipinski definition) is 0. The Labute approximate surface area is 129 Å². The number of halogens is 3. The van der Waals surface area contributed by atoms with Crippen LogP contribution in [0.3, 0.4) is 0 Å². The van der Waals surface area contributed by atoms with Crippen LogP contribution in [0.4, 0.5) is 0 Å². The van der Waals surface area contributed by atoms with Gasteiger partial charge in [-0.2, -0.15) is 0 Å². The first kappa shape index (κ1) is 15.4. The number of benzene rings is 1. The molecule has 1 aromatic carbocycles. The minimum atomic E-state index is -2.89. The predicted octanol–water partition coefficient (Wildman–Crippen LogP) is 3.83. The lowest BCUT2D eigenvalue weighted by atomic mass is 9.88. The fourth-order valence-electron chi connectivity index (χ4n) is 2.53. The maximum absolute atomic E-state index is 11.6. The molecule has 0 amide bonds. The molecule has 1 aliphatic rings. The second-order valence-electron chi connectivity index (χ2n) is 4.98. The molecule has 6 heteroatoms. The van der Waals surface area contributed by atoms with Gasteiger partial charge in [-0.25, -0.2) is 8.42 Å². The quantitative estimate of drug-likeness (QED) is 0.780. The van der Waals surface area contributed by atoms with Crippen LogP contribution in [0.5, 0.6) is 0 Å². The minimum Gasteiger partial charge on any atom is -0.229 e. The van der Waals surface area contributed by atoms with Gasteiger partial charge in [0.15, 0.2) is 9.84 Å². The largest absolute Gasteiger partial charge is 0.229 e. The Balaban J connectivity index is 2.16. The maximum atomic E-state index is 11.6. The molecule has 0 bridgehead atoms. The molecule has 1 heterocycles. The predicted molar refractivity (Wildman–Crippen MR) is 81.1 cm³/mol. The molecule has 0 aliphatic carbocycles. The third-order valence-electron chi connectivity index (χ3n) is 3.66. The molecular formula is C13H15Cl3O2S. The van der Waals surface area contributed by atoms with Gasteiger partial charge in [0, 0.05) is 15.9 Å². The Bertz CT molecular complexity index is 537. The van der Waals surface area contributed by atoms with Gasteiger partial charge in [0.1, 0.15) is 0 Å². The fourth-order valence-corrected chi connectivity index (χ4v) is 5.36. The summed E-state index contributed by atoms with van der Waals surface area (Å²) in [5.74, 6) is 1.11. The number of rotatable bonds is 4. The highest BCUT2D eigenvalue weighted by Gasteiger charge is 2.33. The second-order valence-corrected chi connectivity index (χ2v) is 8.33. The summed E-state index contributed by atoms with van der Waals surface area (Å²) in [7, 11) is -2.89. The summed E-state index contributed by atoms with van der Waals surface area (Å²) in [5, 5.41) is 1.23. The lowest BCUT2D eigenvalue weighted by molar-refractivity contribution is 0.398. The Kier molecular flexibility index (Phi) is 5.04. The van der Waals surface area contributed by atoms with Gasteiger partial charge in [-0.1, -0.05) is 29.3 Å². The van der Waals surface area contributed by atoms with Crippen molar-refractivity contribution in [2.24, 2.45) is 11.8 Å². The monoisotopic (exact) mass is 340 g/mol. The molecule has 0 aromatic heterocycles. The molecule has 2 unspecified atom stereocenters. The highest BCUT2D eigenvalue weighted by molar-refractivity contribution is 7.91. The Hall–Kier alpha value is 0.0400. The van der Waals surface area contributed by atoms with Crippen molar-refractivity contribution in [2.45, 2.75) is 12.8 Å². The third-order valence-corrected chi connectivity index (χ3v) is 6.56. The smallest absolute Gasteiger partial charge is 0.150 e. The Morgan fingerprint density at radius 2 is 1.89 bits per heavy atom. The van der Waals surface area contributed by atoms with Crippen molar-refractivity contribution in [3.63, 3.8) is 0 Å². The van der Waals surface area contributed by atoms with Gasteiger partial charge in [0.2, 0.25) is 0 Å². The van der Waals surface area contributed by atoms with Gasteiger partial charge in [-0.15, -0.1) is 11.6 Å². The molecule has 2 rings (SSSR count). The average molecular weight is 342 g/mol. The third kappa shape index (κ3) is 3.78. The molecule has 0 saturated carbocycles. The van der Waals surface area contributed by atoms with E-state index in [1.807, 2.05) is 0 Å².